The average molecular weight is 205 g/mol. The van der Waals surface area contributed by atoms with E-state index in [0.29, 0.717) is 5.82 Å². The van der Waals surface area contributed by atoms with Crippen molar-refractivity contribution < 1.29 is 4.39 Å². The molecule has 0 radical (unpaired) electrons. The Hall–Kier alpha value is -1.84. The van der Waals surface area contributed by atoms with Crippen LogP contribution in [0.4, 0.5) is 10.2 Å². The molecule has 1 aromatic heterocycles. The molecule has 0 aliphatic carbocycles. The number of hydrogen-bond donors (Lipinski definition) is 1. The van der Waals surface area contributed by atoms with Gasteiger partial charge in [-0.1, -0.05) is 0 Å². The van der Waals surface area contributed by atoms with E-state index >= 15 is 0 Å². The molecular weight excluding hydrogens is 193 g/mol. The lowest BCUT2D eigenvalue weighted by Gasteiger charge is -1.97. The van der Waals surface area contributed by atoms with E-state index in [1.807, 2.05) is 6.92 Å². The topological polar surface area (TPSA) is 43.8 Å². The van der Waals surface area contributed by atoms with E-state index in [4.69, 9.17) is 5.73 Å². The highest BCUT2D eigenvalue weighted by Crippen LogP contribution is 2.25. The van der Waals surface area contributed by atoms with E-state index < -0.39 is 0 Å². The molecule has 3 nitrogen and oxygen atoms in total. The van der Waals surface area contributed by atoms with Crippen LogP contribution in [0.3, 0.4) is 0 Å². The minimum Gasteiger partial charge on any atom is -0.384 e. The molecule has 0 aliphatic rings. The lowest BCUT2D eigenvalue weighted by molar-refractivity contribution is 0.628. The Morgan fingerprint density at radius 2 is 1.87 bits per heavy atom. The lowest BCUT2D eigenvalue weighted by atomic mass is 10.1. The first-order chi connectivity index (χ1) is 7.09. The molecule has 0 bridgehead atoms. The van der Waals surface area contributed by atoms with Crippen molar-refractivity contribution in [1.29, 1.82) is 0 Å². The standard InChI is InChI=1S/C11H12FN3/c1-7-10(14-15(2)11(7)13)8-3-5-9(12)6-4-8/h3-6H,13H2,1-2H3. The largest absolute Gasteiger partial charge is 0.384 e. The van der Waals surface area contributed by atoms with Crippen LogP contribution < -0.4 is 5.73 Å². The Labute approximate surface area is 87.3 Å². The third-order valence-corrected chi connectivity index (χ3v) is 2.46. The molecule has 0 fully saturated rings. The highest BCUT2D eigenvalue weighted by Gasteiger charge is 2.10. The van der Waals surface area contributed by atoms with Crippen molar-refractivity contribution in [2.45, 2.75) is 6.92 Å². The van der Waals surface area contributed by atoms with Crippen molar-refractivity contribution in [3.8, 4) is 11.3 Å². The molecule has 0 saturated carbocycles. The summed E-state index contributed by atoms with van der Waals surface area (Å²) in [5, 5.41) is 4.28. The van der Waals surface area contributed by atoms with Crippen LogP contribution in [-0.4, -0.2) is 9.78 Å². The van der Waals surface area contributed by atoms with Gasteiger partial charge in [-0.2, -0.15) is 5.10 Å². The fourth-order valence-electron chi connectivity index (χ4n) is 1.52. The number of hydrogen-bond acceptors (Lipinski definition) is 2. The van der Waals surface area contributed by atoms with Gasteiger partial charge in [0.05, 0.1) is 5.69 Å². The summed E-state index contributed by atoms with van der Waals surface area (Å²) in [6.07, 6.45) is 0. The molecule has 0 amide bonds. The predicted molar refractivity (Wildman–Crippen MR) is 57.8 cm³/mol. The van der Waals surface area contributed by atoms with Crippen molar-refractivity contribution in [3.05, 3.63) is 35.6 Å². The quantitative estimate of drug-likeness (QED) is 0.774. The smallest absolute Gasteiger partial charge is 0.124 e. The molecule has 2 N–H and O–H groups in total. The van der Waals surface area contributed by atoms with Crippen LogP contribution in [-0.2, 0) is 7.05 Å². The summed E-state index contributed by atoms with van der Waals surface area (Å²) in [5.74, 6) is 0.384. The number of aromatic nitrogens is 2. The normalized spacial score (nSPS) is 10.6. The van der Waals surface area contributed by atoms with Gasteiger partial charge in [0.25, 0.3) is 0 Å². The Kier molecular flexibility index (Phi) is 2.19. The molecule has 0 atom stereocenters. The van der Waals surface area contributed by atoms with Gasteiger partial charge < -0.3 is 5.73 Å². The van der Waals surface area contributed by atoms with E-state index in [-0.39, 0.29) is 5.82 Å². The highest BCUT2D eigenvalue weighted by molar-refractivity contribution is 5.67. The summed E-state index contributed by atoms with van der Waals surface area (Å²) in [7, 11) is 1.79. The summed E-state index contributed by atoms with van der Waals surface area (Å²) in [4.78, 5) is 0. The Bertz CT molecular complexity index is 485. The number of nitrogens with two attached hydrogens (primary N) is 1. The summed E-state index contributed by atoms with van der Waals surface area (Å²) in [6, 6.07) is 6.23. The lowest BCUT2D eigenvalue weighted by Crippen LogP contribution is -1.97. The van der Waals surface area contributed by atoms with E-state index in [0.717, 1.165) is 16.8 Å². The number of benzene rings is 1. The zero-order valence-corrected chi connectivity index (χ0v) is 8.66. The minimum atomic E-state index is -0.250. The molecule has 2 aromatic rings. The molecular formula is C11H12FN3. The van der Waals surface area contributed by atoms with Gasteiger partial charge in [0.15, 0.2) is 0 Å². The van der Waals surface area contributed by atoms with Gasteiger partial charge in [0.1, 0.15) is 11.6 Å². The SMILES string of the molecule is Cc1c(-c2ccc(F)cc2)nn(C)c1N. The van der Waals surface area contributed by atoms with Crippen molar-refractivity contribution in [1.82, 2.24) is 9.78 Å². The van der Waals surface area contributed by atoms with Crippen LogP contribution in [0.15, 0.2) is 24.3 Å². The number of nitrogen functional groups attached to an aromatic ring is 1. The third-order valence-electron chi connectivity index (χ3n) is 2.46. The molecule has 4 heteroatoms. The first-order valence-corrected chi connectivity index (χ1v) is 4.64. The zero-order valence-electron chi connectivity index (χ0n) is 8.66. The summed E-state index contributed by atoms with van der Waals surface area (Å²) < 4.78 is 14.4. The second-order valence-corrected chi connectivity index (χ2v) is 3.49. The Balaban J connectivity index is 2.54. The van der Waals surface area contributed by atoms with Gasteiger partial charge in [-0.25, -0.2) is 4.39 Å². The Morgan fingerprint density at radius 3 is 2.33 bits per heavy atom. The van der Waals surface area contributed by atoms with Crippen LogP contribution in [0.2, 0.25) is 0 Å². The van der Waals surface area contributed by atoms with Crippen LogP contribution in [0, 0.1) is 12.7 Å². The molecule has 0 unspecified atom stereocenters. The minimum absolute atomic E-state index is 0.250. The van der Waals surface area contributed by atoms with Gasteiger partial charge in [0.2, 0.25) is 0 Å². The van der Waals surface area contributed by atoms with Gasteiger partial charge in [0, 0.05) is 18.2 Å². The average Bonchev–Trinajstić information content (AvgIpc) is 2.47. The fraction of sp³-hybridized carbons (Fsp3) is 0.182. The number of anilines is 1. The van der Waals surface area contributed by atoms with E-state index in [9.17, 15) is 4.39 Å². The van der Waals surface area contributed by atoms with E-state index in [1.165, 1.54) is 12.1 Å². The Morgan fingerprint density at radius 1 is 1.27 bits per heavy atom. The molecule has 2 rings (SSSR count). The first-order valence-electron chi connectivity index (χ1n) is 4.64. The summed E-state index contributed by atoms with van der Waals surface area (Å²) in [6.45, 7) is 1.90. The molecule has 15 heavy (non-hydrogen) atoms. The number of nitrogens with zero attached hydrogens (tertiary/aromatic N) is 2. The fourth-order valence-corrected chi connectivity index (χ4v) is 1.52. The van der Waals surface area contributed by atoms with Crippen molar-refractivity contribution in [3.63, 3.8) is 0 Å². The second kappa shape index (κ2) is 3.38. The predicted octanol–water partition coefficient (Wildman–Crippen LogP) is 2.12. The number of aryl methyl sites for hydroxylation is 1. The van der Waals surface area contributed by atoms with Crippen molar-refractivity contribution >= 4 is 5.82 Å². The summed E-state index contributed by atoms with van der Waals surface area (Å²) in [5.41, 5.74) is 8.39. The van der Waals surface area contributed by atoms with E-state index in [2.05, 4.69) is 5.10 Å². The maximum atomic E-state index is 12.7. The van der Waals surface area contributed by atoms with E-state index in [1.54, 1.807) is 23.9 Å². The monoisotopic (exact) mass is 205 g/mol. The van der Waals surface area contributed by atoms with Crippen molar-refractivity contribution in [2.75, 3.05) is 5.73 Å². The zero-order chi connectivity index (χ0) is 11.0. The van der Waals surface area contributed by atoms with Crippen LogP contribution >= 0.6 is 0 Å². The highest BCUT2D eigenvalue weighted by atomic mass is 19.1. The molecule has 1 aromatic carbocycles. The molecule has 0 spiro atoms. The van der Waals surface area contributed by atoms with Gasteiger partial charge >= 0.3 is 0 Å². The maximum Gasteiger partial charge on any atom is 0.124 e. The van der Waals surface area contributed by atoms with Crippen LogP contribution in [0.25, 0.3) is 11.3 Å². The molecule has 1 heterocycles. The molecule has 0 saturated heterocycles. The van der Waals surface area contributed by atoms with Gasteiger partial charge in [-0.05, 0) is 31.2 Å². The van der Waals surface area contributed by atoms with Crippen LogP contribution in [0.1, 0.15) is 5.56 Å². The molecule has 78 valence electrons. The van der Waals surface area contributed by atoms with Crippen LogP contribution in [0.5, 0.6) is 0 Å². The van der Waals surface area contributed by atoms with Gasteiger partial charge in [-0.15, -0.1) is 0 Å². The number of rotatable bonds is 1. The molecule has 0 aliphatic heterocycles. The maximum absolute atomic E-state index is 12.7. The van der Waals surface area contributed by atoms with Gasteiger partial charge in [-0.3, -0.25) is 4.68 Å². The summed E-state index contributed by atoms with van der Waals surface area (Å²) >= 11 is 0. The second-order valence-electron chi connectivity index (χ2n) is 3.49. The number of halogens is 1. The first kappa shape index (κ1) is 9.71. The third kappa shape index (κ3) is 1.58. The van der Waals surface area contributed by atoms with Crippen molar-refractivity contribution in [2.24, 2.45) is 7.05 Å².